The van der Waals surface area contributed by atoms with Gasteiger partial charge in [-0.05, 0) is 0 Å². The van der Waals surface area contributed by atoms with Crippen molar-refractivity contribution in [1.29, 1.82) is 0 Å². The van der Waals surface area contributed by atoms with Crippen LogP contribution < -0.4 is 0 Å². The lowest BCUT2D eigenvalue weighted by atomic mass is 10.4. The SMILES string of the molecule is O=C=NCC1CSC(CN=C=O)CS1.O=C=NCC1CSC(CN=C=O)CS1. The monoisotopic (exact) mass is 460 g/mol. The first-order valence-electron chi connectivity index (χ1n) is 8.34. The Bertz CT molecular complexity index is 529. The van der Waals surface area contributed by atoms with Gasteiger partial charge in [-0.1, -0.05) is 0 Å². The van der Waals surface area contributed by atoms with Crippen LogP contribution in [0.1, 0.15) is 0 Å². The molecule has 0 radical (unpaired) electrons. The fourth-order valence-electron chi connectivity index (χ4n) is 2.14. The van der Waals surface area contributed by atoms with Gasteiger partial charge in [-0.3, -0.25) is 0 Å². The molecule has 2 saturated heterocycles. The van der Waals surface area contributed by atoms with Gasteiger partial charge in [-0.15, -0.1) is 0 Å². The second kappa shape index (κ2) is 16.8. The van der Waals surface area contributed by atoms with Gasteiger partial charge < -0.3 is 0 Å². The third kappa shape index (κ3) is 11.7. The Hall–Kier alpha value is -1.08. The first kappa shape index (κ1) is 25.0. The van der Waals surface area contributed by atoms with Gasteiger partial charge >= 0.3 is 0 Å². The molecule has 0 aliphatic carbocycles. The standard InChI is InChI=1S/2C8H10N2O2S2/c2*11-5-9-1-7-3-14-8(4-13-7)2-10-6-12/h2*7-8H,1-4H2. The van der Waals surface area contributed by atoms with Crippen LogP contribution in [-0.2, 0) is 19.2 Å². The van der Waals surface area contributed by atoms with Crippen molar-refractivity contribution in [3.8, 4) is 0 Å². The molecule has 0 spiro atoms. The third-order valence-corrected chi connectivity index (χ3v) is 9.88. The number of hydrogen-bond acceptors (Lipinski definition) is 12. The summed E-state index contributed by atoms with van der Waals surface area (Å²) in [7, 11) is 0. The Balaban J connectivity index is 0.000000280. The van der Waals surface area contributed by atoms with Crippen molar-refractivity contribution in [2.45, 2.75) is 21.0 Å². The van der Waals surface area contributed by atoms with E-state index in [2.05, 4.69) is 20.0 Å². The molecule has 2 aliphatic heterocycles. The Morgan fingerprint density at radius 3 is 0.857 bits per heavy atom. The number of thioether (sulfide) groups is 4. The van der Waals surface area contributed by atoms with E-state index in [0.29, 0.717) is 47.2 Å². The van der Waals surface area contributed by atoms with Gasteiger partial charge in [0, 0.05) is 44.0 Å². The first-order chi connectivity index (χ1) is 13.7. The van der Waals surface area contributed by atoms with Crippen molar-refractivity contribution in [2.24, 2.45) is 20.0 Å². The van der Waals surface area contributed by atoms with Crippen molar-refractivity contribution in [1.82, 2.24) is 0 Å². The molecule has 0 aromatic rings. The van der Waals surface area contributed by atoms with Crippen LogP contribution in [0.3, 0.4) is 0 Å². The van der Waals surface area contributed by atoms with E-state index in [-0.39, 0.29) is 0 Å². The molecule has 2 rings (SSSR count). The summed E-state index contributed by atoms with van der Waals surface area (Å²) in [5.41, 5.74) is 0. The minimum absolute atomic E-state index is 0.401. The highest BCUT2D eigenvalue weighted by atomic mass is 32.2. The summed E-state index contributed by atoms with van der Waals surface area (Å²) in [6, 6.07) is 0. The van der Waals surface area contributed by atoms with Gasteiger partial charge in [0.05, 0.1) is 26.2 Å². The van der Waals surface area contributed by atoms with Crippen LogP contribution in [0.25, 0.3) is 0 Å². The molecule has 2 fully saturated rings. The molecule has 0 bridgehead atoms. The van der Waals surface area contributed by atoms with Gasteiger partial charge in [0.25, 0.3) is 0 Å². The lowest BCUT2D eigenvalue weighted by molar-refractivity contribution is 0.562. The first-order valence-corrected chi connectivity index (χ1v) is 12.5. The molecule has 12 heteroatoms. The predicted molar refractivity (Wildman–Crippen MR) is 117 cm³/mol. The van der Waals surface area contributed by atoms with Gasteiger partial charge in [-0.25, -0.2) is 39.1 Å². The van der Waals surface area contributed by atoms with E-state index in [1.54, 1.807) is 71.4 Å². The molecule has 2 heterocycles. The van der Waals surface area contributed by atoms with Crippen LogP contribution in [0.2, 0.25) is 0 Å². The summed E-state index contributed by atoms with van der Waals surface area (Å²) >= 11 is 7.11. The summed E-state index contributed by atoms with van der Waals surface area (Å²) in [6.07, 6.45) is 6.17. The van der Waals surface area contributed by atoms with Crippen LogP contribution >= 0.6 is 47.0 Å². The number of aliphatic imine (C=N–C) groups is 4. The zero-order valence-electron chi connectivity index (χ0n) is 15.0. The molecule has 28 heavy (non-hydrogen) atoms. The number of rotatable bonds is 8. The fraction of sp³-hybridized carbons (Fsp3) is 0.750. The Kier molecular flexibility index (Phi) is 15.0. The van der Waals surface area contributed by atoms with Gasteiger partial charge in [0.15, 0.2) is 0 Å². The van der Waals surface area contributed by atoms with Crippen molar-refractivity contribution < 1.29 is 19.2 Å². The van der Waals surface area contributed by atoms with E-state index in [1.807, 2.05) is 0 Å². The molecule has 4 atom stereocenters. The average molecular weight is 461 g/mol. The maximum atomic E-state index is 9.89. The second-order valence-electron chi connectivity index (χ2n) is 5.55. The topological polar surface area (TPSA) is 118 Å². The normalized spacial score (nSPS) is 26.0. The quantitative estimate of drug-likeness (QED) is 0.397. The molecule has 0 aromatic carbocycles. The molecule has 0 aromatic heterocycles. The highest BCUT2D eigenvalue weighted by molar-refractivity contribution is 8.07. The highest BCUT2D eigenvalue weighted by Gasteiger charge is 2.22. The largest absolute Gasteiger partial charge is 0.234 e. The highest BCUT2D eigenvalue weighted by Crippen LogP contribution is 2.30. The second-order valence-corrected chi connectivity index (χ2v) is 10.9. The van der Waals surface area contributed by atoms with E-state index in [0.717, 1.165) is 23.0 Å². The van der Waals surface area contributed by atoms with Crippen LogP contribution in [0.15, 0.2) is 20.0 Å². The van der Waals surface area contributed by atoms with Gasteiger partial charge in [0.1, 0.15) is 0 Å². The lowest BCUT2D eigenvalue weighted by Gasteiger charge is -2.24. The third-order valence-electron chi connectivity index (χ3n) is 3.51. The van der Waals surface area contributed by atoms with Crippen molar-refractivity contribution >= 4 is 71.4 Å². The van der Waals surface area contributed by atoms with Crippen LogP contribution in [0, 0.1) is 0 Å². The van der Waals surface area contributed by atoms with E-state index in [1.165, 1.54) is 0 Å². The molecule has 4 unspecified atom stereocenters. The van der Waals surface area contributed by atoms with Crippen molar-refractivity contribution in [3.63, 3.8) is 0 Å². The molecule has 2 aliphatic rings. The van der Waals surface area contributed by atoms with Crippen LogP contribution in [0.4, 0.5) is 0 Å². The number of isocyanates is 4. The van der Waals surface area contributed by atoms with Gasteiger partial charge in [-0.2, -0.15) is 47.0 Å². The molecule has 0 saturated carbocycles. The molecule has 0 amide bonds. The minimum Gasteiger partial charge on any atom is -0.211 e. The van der Waals surface area contributed by atoms with E-state index in [4.69, 9.17) is 0 Å². The summed E-state index contributed by atoms with van der Waals surface area (Å²) in [4.78, 5) is 53.8. The average Bonchev–Trinajstić information content (AvgIpc) is 2.75. The minimum atomic E-state index is 0.401. The van der Waals surface area contributed by atoms with Gasteiger partial charge in [0.2, 0.25) is 24.3 Å². The predicted octanol–water partition coefficient (Wildman–Crippen LogP) is 1.75. The van der Waals surface area contributed by atoms with Crippen LogP contribution in [0.5, 0.6) is 0 Å². The summed E-state index contributed by atoms with van der Waals surface area (Å²) in [6.45, 7) is 2.19. The molecule has 152 valence electrons. The summed E-state index contributed by atoms with van der Waals surface area (Å²) in [5.74, 6) is 3.81. The zero-order valence-corrected chi connectivity index (χ0v) is 18.3. The summed E-state index contributed by atoms with van der Waals surface area (Å²) in [5, 5.41) is 1.60. The molecule has 0 N–H and O–H groups in total. The number of hydrogen-bond donors (Lipinski definition) is 0. The smallest absolute Gasteiger partial charge is 0.211 e. The van der Waals surface area contributed by atoms with E-state index in [9.17, 15) is 19.2 Å². The lowest BCUT2D eigenvalue weighted by Crippen LogP contribution is -2.25. The van der Waals surface area contributed by atoms with E-state index < -0.39 is 0 Å². The molecular formula is C16H20N4O4S4. The van der Waals surface area contributed by atoms with E-state index >= 15 is 0 Å². The molecule has 8 nitrogen and oxygen atoms in total. The Morgan fingerprint density at radius 1 is 0.500 bits per heavy atom. The maximum absolute atomic E-state index is 9.89. The van der Waals surface area contributed by atoms with Crippen molar-refractivity contribution in [2.75, 3.05) is 49.2 Å². The zero-order chi connectivity index (χ0) is 20.5. The Morgan fingerprint density at radius 2 is 0.714 bits per heavy atom. The fourth-order valence-corrected chi connectivity index (χ4v) is 7.72. The number of nitrogens with zero attached hydrogens (tertiary/aromatic N) is 4. The van der Waals surface area contributed by atoms with Crippen molar-refractivity contribution in [3.05, 3.63) is 0 Å². The molecular weight excluding hydrogens is 440 g/mol. The summed E-state index contributed by atoms with van der Waals surface area (Å²) < 4.78 is 0. The maximum Gasteiger partial charge on any atom is 0.234 e. The van der Waals surface area contributed by atoms with Crippen LogP contribution in [-0.4, -0.2) is 94.5 Å². The Labute approximate surface area is 180 Å². The number of carbonyl (C=O) groups excluding carboxylic acids is 4.